The second-order valence-electron chi connectivity index (χ2n) is 6.10. The summed E-state index contributed by atoms with van der Waals surface area (Å²) in [5.41, 5.74) is 0. The standard InChI is InChI=1S/C17H17BrN2O3/c18-16-6-5-15(23-16)17(21)20-11-3-4-12(20)9-14(8-11)22-13-2-1-7-19-10-13/h1-2,5-7,10-12,14H,3-4,8-9H2. The van der Waals surface area contributed by atoms with Crippen LogP contribution < -0.4 is 4.74 Å². The molecule has 0 radical (unpaired) electrons. The molecule has 4 heterocycles. The summed E-state index contributed by atoms with van der Waals surface area (Å²) < 4.78 is 12.1. The van der Waals surface area contributed by atoms with Crippen LogP contribution in [0.25, 0.3) is 0 Å². The van der Waals surface area contributed by atoms with Crippen LogP contribution in [0.1, 0.15) is 36.2 Å². The Balaban J connectivity index is 1.47. The minimum Gasteiger partial charge on any atom is -0.489 e. The van der Waals surface area contributed by atoms with Crippen LogP contribution in [0, 0.1) is 0 Å². The van der Waals surface area contributed by atoms with Crippen molar-refractivity contribution in [2.24, 2.45) is 0 Å². The lowest BCUT2D eigenvalue weighted by Crippen LogP contribution is -2.49. The molecule has 2 fully saturated rings. The molecule has 2 aromatic heterocycles. The number of nitrogens with zero attached hydrogens (tertiary/aromatic N) is 2. The van der Waals surface area contributed by atoms with E-state index >= 15 is 0 Å². The molecule has 120 valence electrons. The summed E-state index contributed by atoms with van der Waals surface area (Å²) in [5, 5.41) is 0. The molecule has 2 aliphatic heterocycles. The van der Waals surface area contributed by atoms with E-state index in [0.29, 0.717) is 10.4 Å². The Morgan fingerprint density at radius 2 is 2.04 bits per heavy atom. The van der Waals surface area contributed by atoms with Gasteiger partial charge in [0.05, 0.1) is 6.20 Å². The number of carbonyl (C=O) groups is 1. The average Bonchev–Trinajstić information content (AvgIpc) is 3.10. The first-order chi connectivity index (χ1) is 11.2. The fourth-order valence-electron chi connectivity index (χ4n) is 3.72. The zero-order chi connectivity index (χ0) is 15.8. The van der Waals surface area contributed by atoms with Gasteiger partial charge in [-0.3, -0.25) is 9.78 Å². The molecule has 0 saturated carbocycles. The van der Waals surface area contributed by atoms with Gasteiger partial charge in [-0.2, -0.15) is 0 Å². The number of rotatable bonds is 3. The van der Waals surface area contributed by atoms with Crippen LogP contribution in [0.2, 0.25) is 0 Å². The molecule has 0 spiro atoms. The highest BCUT2D eigenvalue weighted by atomic mass is 79.9. The van der Waals surface area contributed by atoms with E-state index in [4.69, 9.17) is 9.15 Å². The molecule has 2 aliphatic rings. The van der Waals surface area contributed by atoms with Crippen molar-refractivity contribution in [2.75, 3.05) is 0 Å². The maximum absolute atomic E-state index is 12.7. The minimum absolute atomic E-state index is 0.0111. The van der Waals surface area contributed by atoms with Crippen molar-refractivity contribution >= 4 is 21.8 Å². The highest BCUT2D eigenvalue weighted by Crippen LogP contribution is 2.38. The van der Waals surface area contributed by atoms with Crippen molar-refractivity contribution in [3.05, 3.63) is 47.1 Å². The maximum atomic E-state index is 12.7. The molecule has 0 N–H and O–H groups in total. The highest BCUT2D eigenvalue weighted by Gasteiger charge is 2.44. The Morgan fingerprint density at radius 1 is 1.26 bits per heavy atom. The molecule has 6 heteroatoms. The molecule has 2 unspecified atom stereocenters. The molecule has 5 nitrogen and oxygen atoms in total. The maximum Gasteiger partial charge on any atom is 0.290 e. The molecule has 0 aromatic carbocycles. The first-order valence-electron chi connectivity index (χ1n) is 7.85. The number of amides is 1. The smallest absolute Gasteiger partial charge is 0.290 e. The first kappa shape index (κ1) is 14.8. The van der Waals surface area contributed by atoms with Gasteiger partial charge in [0.25, 0.3) is 5.91 Å². The fourth-order valence-corrected chi connectivity index (χ4v) is 4.03. The van der Waals surface area contributed by atoms with E-state index in [1.807, 2.05) is 17.0 Å². The van der Waals surface area contributed by atoms with Gasteiger partial charge in [0.1, 0.15) is 11.9 Å². The SMILES string of the molecule is O=C(c1ccc(Br)o1)N1C2CCC1CC(Oc1cccnc1)C2. The van der Waals surface area contributed by atoms with Gasteiger partial charge in [0, 0.05) is 31.1 Å². The number of fused-ring (bicyclic) bond motifs is 2. The van der Waals surface area contributed by atoms with E-state index in [-0.39, 0.29) is 24.1 Å². The number of furan rings is 1. The fraction of sp³-hybridized carbons (Fsp3) is 0.412. The first-order valence-corrected chi connectivity index (χ1v) is 8.64. The number of piperidine rings is 1. The van der Waals surface area contributed by atoms with E-state index in [2.05, 4.69) is 20.9 Å². The predicted octanol–water partition coefficient (Wildman–Crippen LogP) is 3.65. The van der Waals surface area contributed by atoms with Crippen LogP contribution in [-0.2, 0) is 0 Å². The monoisotopic (exact) mass is 376 g/mol. The van der Waals surface area contributed by atoms with Crippen LogP contribution in [0.15, 0.2) is 45.7 Å². The van der Waals surface area contributed by atoms with Crippen LogP contribution in [0.3, 0.4) is 0 Å². The van der Waals surface area contributed by atoms with Crippen LogP contribution in [-0.4, -0.2) is 34.0 Å². The molecular weight excluding hydrogens is 360 g/mol. The third kappa shape index (κ3) is 2.87. The summed E-state index contributed by atoms with van der Waals surface area (Å²) in [6.45, 7) is 0. The summed E-state index contributed by atoms with van der Waals surface area (Å²) in [4.78, 5) is 18.8. The third-order valence-corrected chi connectivity index (χ3v) is 5.07. The largest absolute Gasteiger partial charge is 0.489 e. The van der Waals surface area contributed by atoms with E-state index in [1.165, 1.54) is 0 Å². The number of hydrogen-bond acceptors (Lipinski definition) is 4. The number of ether oxygens (including phenoxy) is 1. The summed E-state index contributed by atoms with van der Waals surface area (Å²) in [6.07, 6.45) is 7.40. The van der Waals surface area contributed by atoms with Gasteiger partial charge in [0.15, 0.2) is 10.4 Å². The van der Waals surface area contributed by atoms with Gasteiger partial charge in [-0.1, -0.05) is 0 Å². The summed E-state index contributed by atoms with van der Waals surface area (Å²) in [7, 11) is 0. The topological polar surface area (TPSA) is 55.6 Å². The van der Waals surface area contributed by atoms with Crippen LogP contribution in [0.4, 0.5) is 0 Å². The van der Waals surface area contributed by atoms with E-state index < -0.39 is 0 Å². The summed E-state index contributed by atoms with van der Waals surface area (Å²) in [5.74, 6) is 1.19. The zero-order valence-corrected chi connectivity index (χ0v) is 14.1. The molecule has 2 saturated heterocycles. The molecule has 23 heavy (non-hydrogen) atoms. The quantitative estimate of drug-likeness (QED) is 0.820. The van der Waals surface area contributed by atoms with Gasteiger partial charge in [-0.05, 0) is 53.0 Å². The van der Waals surface area contributed by atoms with Gasteiger partial charge in [-0.15, -0.1) is 0 Å². The zero-order valence-electron chi connectivity index (χ0n) is 12.5. The lowest BCUT2D eigenvalue weighted by atomic mass is 9.99. The van der Waals surface area contributed by atoms with Gasteiger partial charge in [0.2, 0.25) is 0 Å². The molecule has 2 atom stereocenters. The van der Waals surface area contributed by atoms with Crippen molar-refractivity contribution in [3.63, 3.8) is 0 Å². The number of hydrogen-bond donors (Lipinski definition) is 0. The van der Waals surface area contributed by atoms with Crippen molar-refractivity contribution in [2.45, 2.75) is 43.9 Å². The van der Waals surface area contributed by atoms with Crippen LogP contribution in [0.5, 0.6) is 5.75 Å². The normalized spacial score (nSPS) is 26.3. The van der Waals surface area contributed by atoms with E-state index in [9.17, 15) is 4.79 Å². The number of carbonyl (C=O) groups excluding carboxylic acids is 1. The van der Waals surface area contributed by atoms with E-state index in [0.717, 1.165) is 31.4 Å². The molecule has 2 aromatic rings. The molecule has 1 amide bonds. The lowest BCUT2D eigenvalue weighted by Gasteiger charge is -2.38. The Bertz CT molecular complexity index is 689. The van der Waals surface area contributed by atoms with E-state index in [1.54, 1.807) is 24.5 Å². The second kappa shape index (κ2) is 6.00. The second-order valence-corrected chi connectivity index (χ2v) is 6.88. The Labute approximate surface area is 142 Å². The molecule has 0 aliphatic carbocycles. The Kier molecular flexibility index (Phi) is 3.85. The lowest BCUT2D eigenvalue weighted by molar-refractivity contribution is 0.0332. The van der Waals surface area contributed by atoms with Crippen molar-refractivity contribution in [1.82, 2.24) is 9.88 Å². The van der Waals surface area contributed by atoms with Crippen molar-refractivity contribution in [1.29, 1.82) is 0 Å². The van der Waals surface area contributed by atoms with Crippen molar-refractivity contribution < 1.29 is 13.9 Å². The van der Waals surface area contributed by atoms with Gasteiger partial charge < -0.3 is 14.1 Å². The third-order valence-electron chi connectivity index (χ3n) is 4.65. The molecular formula is C17H17BrN2O3. The average molecular weight is 377 g/mol. The summed E-state index contributed by atoms with van der Waals surface area (Å²) >= 11 is 3.25. The molecule has 4 rings (SSSR count). The van der Waals surface area contributed by atoms with Crippen molar-refractivity contribution in [3.8, 4) is 5.75 Å². The molecule has 2 bridgehead atoms. The predicted molar refractivity (Wildman–Crippen MR) is 87.3 cm³/mol. The number of pyridine rings is 1. The van der Waals surface area contributed by atoms with Crippen LogP contribution >= 0.6 is 15.9 Å². The van der Waals surface area contributed by atoms with Gasteiger partial charge in [-0.25, -0.2) is 0 Å². The Morgan fingerprint density at radius 3 is 2.65 bits per heavy atom. The summed E-state index contributed by atoms with van der Waals surface area (Å²) in [6, 6.07) is 7.74. The minimum atomic E-state index is -0.0111. The highest BCUT2D eigenvalue weighted by molar-refractivity contribution is 9.10. The Hall–Kier alpha value is -1.82. The number of aromatic nitrogens is 1. The number of halogens is 1. The van der Waals surface area contributed by atoms with Gasteiger partial charge >= 0.3 is 0 Å².